The van der Waals surface area contributed by atoms with Crippen molar-refractivity contribution >= 4 is 29.8 Å². The quantitative estimate of drug-likeness (QED) is 0.885. The fraction of sp³-hybridized carbons (Fsp3) is 0.562. The molecule has 4 heteroatoms. The summed E-state index contributed by atoms with van der Waals surface area (Å²) >= 11 is 6.36. The van der Waals surface area contributed by atoms with Gasteiger partial charge in [-0.15, -0.1) is 12.4 Å². The predicted octanol–water partition coefficient (Wildman–Crippen LogP) is 3.67. The minimum Gasteiger partial charge on any atom is -0.372 e. The van der Waals surface area contributed by atoms with Gasteiger partial charge in [0, 0.05) is 18.0 Å². The average molecular weight is 311 g/mol. The number of fused-ring (bicyclic) bond motifs is 2. The lowest BCUT2D eigenvalue weighted by molar-refractivity contribution is 0.540. The van der Waals surface area contributed by atoms with Crippen LogP contribution in [-0.4, -0.2) is 18.9 Å². The van der Waals surface area contributed by atoms with Crippen molar-refractivity contribution < 1.29 is 0 Å². The SMILES string of the molecule is Cl.Clc1cc(CC2=NCCN2)c2c(c1)C1(CCC2)CC1. The second-order valence-electron chi connectivity index (χ2n) is 6.16. The van der Waals surface area contributed by atoms with Gasteiger partial charge in [-0.2, -0.15) is 0 Å². The Balaban J connectivity index is 0.00000121. The van der Waals surface area contributed by atoms with Crippen molar-refractivity contribution in [1.29, 1.82) is 0 Å². The number of hydrogen-bond donors (Lipinski definition) is 1. The van der Waals surface area contributed by atoms with Gasteiger partial charge in [0.25, 0.3) is 0 Å². The maximum Gasteiger partial charge on any atom is 0.101 e. The summed E-state index contributed by atoms with van der Waals surface area (Å²) in [7, 11) is 0. The summed E-state index contributed by atoms with van der Waals surface area (Å²) in [5.74, 6) is 1.14. The average Bonchev–Trinajstić information content (AvgIpc) is 2.97. The normalized spacial score (nSPS) is 21.8. The summed E-state index contributed by atoms with van der Waals surface area (Å²) in [5.41, 5.74) is 5.03. The Morgan fingerprint density at radius 1 is 1.25 bits per heavy atom. The van der Waals surface area contributed by atoms with Crippen LogP contribution >= 0.6 is 24.0 Å². The van der Waals surface area contributed by atoms with Gasteiger partial charge in [-0.25, -0.2) is 0 Å². The van der Waals surface area contributed by atoms with E-state index in [1.165, 1.54) is 37.7 Å². The second kappa shape index (κ2) is 5.23. The first kappa shape index (κ1) is 14.2. The lowest BCUT2D eigenvalue weighted by Crippen LogP contribution is -2.23. The number of nitrogens with one attached hydrogen (secondary N) is 1. The molecule has 1 spiro atoms. The van der Waals surface area contributed by atoms with Crippen molar-refractivity contribution in [1.82, 2.24) is 5.32 Å². The summed E-state index contributed by atoms with van der Waals surface area (Å²) in [6.45, 7) is 1.91. The van der Waals surface area contributed by atoms with Crippen molar-refractivity contribution in [3.05, 3.63) is 33.8 Å². The smallest absolute Gasteiger partial charge is 0.101 e. The van der Waals surface area contributed by atoms with Crippen LogP contribution in [0.1, 0.15) is 42.4 Å². The van der Waals surface area contributed by atoms with E-state index in [4.69, 9.17) is 11.6 Å². The Bertz CT molecular complexity index is 562. The molecule has 1 fully saturated rings. The molecule has 4 rings (SSSR count). The van der Waals surface area contributed by atoms with E-state index >= 15 is 0 Å². The van der Waals surface area contributed by atoms with E-state index in [-0.39, 0.29) is 12.4 Å². The fourth-order valence-corrected chi connectivity index (χ4v) is 4.01. The summed E-state index contributed by atoms with van der Waals surface area (Å²) < 4.78 is 0. The van der Waals surface area contributed by atoms with E-state index in [9.17, 15) is 0 Å². The molecule has 1 aliphatic heterocycles. The highest BCUT2D eigenvalue weighted by Gasteiger charge is 2.47. The zero-order valence-electron chi connectivity index (χ0n) is 11.5. The first-order valence-corrected chi connectivity index (χ1v) is 7.74. The molecule has 0 saturated heterocycles. The number of benzene rings is 1. The molecule has 3 aliphatic rings. The number of amidine groups is 1. The van der Waals surface area contributed by atoms with Crippen LogP contribution in [0.3, 0.4) is 0 Å². The molecular formula is C16H20Cl2N2. The maximum absolute atomic E-state index is 6.36. The summed E-state index contributed by atoms with van der Waals surface area (Å²) in [5, 5.41) is 4.28. The fourth-order valence-electron chi connectivity index (χ4n) is 3.77. The molecule has 0 unspecified atom stereocenters. The van der Waals surface area contributed by atoms with E-state index in [1.807, 2.05) is 0 Å². The molecule has 108 valence electrons. The molecule has 0 amide bonds. The largest absolute Gasteiger partial charge is 0.372 e. The van der Waals surface area contributed by atoms with E-state index < -0.39 is 0 Å². The topological polar surface area (TPSA) is 24.4 Å². The van der Waals surface area contributed by atoms with Crippen molar-refractivity contribution in [2.75, 3.05) is 13.1 Å². The Kier molecular flexibility index (Phi) is 3.72. The number of halogens is 2. The van der Waals surface area contributed by atoms with Gasteiger partial charge in [0.05, 0.1) is 6.54 Å². The van der Waals surface area contributed by atoms with Crippen molar-refractivity contribution in [3.63, 3.8) is 0 Å². The highest BCUT2D eigenvalue weighted by Crippen LogP contribution is 2.56. The molecule has 20 heavy (non-hydrogen) atoms. The molecule has 1 aromatic rings. The van der Waals surface area contributed by atoms with Crippen LogP contribution in [0.15, 0.2) is 17.1 Å². The number of nitrogens with zero attached hydrogens (tertiary/aromatic N) is 1. The monoisotopic (exact) mass is 310 g/mol. The molecule has 2 nitrogen and oxygen atoms in total. The zero-order valence-corrected chi connectivity index (χ0v) is 13.1. The third-order valence-corrected chi connectivity index (χ3v) is 5.13. The molecule has 1 saturated carbocycles. The molecule has 2 aliphatic carbocycles. The van der Waals surface area contributed by atoms with Crippen molar-refractivity contribution in [3.8, 4) is 0 Å². The van der Waals surface area contributed by atoms with Crippen LogP contribution in [0, 0.1) is 0 Å². The van der Waals surface area contributed by atoms with E-state index in [2.05, 4.69) is 22.4 Å². The molecule has 0 atom stereocenters. The van der Waals surface area contributed by atoms with Crippen LogP contribution in [-0.2, 0) is 18.3 Å². The number of aliphatic imine (C=N–C) groups is 1. The van der Waals surface area contributed by atoms with Crippen molar-refractivity contribution in [2.24, 2.45) is 4.99 Å². The van der Waals surface area contributed by atoms with Crippen LogP contribution < -0.4 is 5.32 Å². The molecular weight excluding hydrogens is 291 g/mol. The van der Waals surface area contributed by atoms with E-state index in [1.54, 1.807) is 11.1 Å². The van der Waals surface area contributed by atoms with Gasteiger partial charge in [0.1, 0.15) is 5.84 Å². The van der Waals surface area contributed by atoms with Gasteiger partial charge >= 0.3 is 0 Å². The Hall–Kier alpha value is -0.730. The summed E-state index contributed by atoms with van der Waals surface area (Å²) in [6, 6.07) is 4.39. The van der Waals surface area contributed by atoms with Gasteiger partial charge in [0.2, 0.25) is 0 Å². The lowest BCUT2D eigenvalue weighted by Gasteiger charge is -2.28. The Morgan fingerprint density at radius 3 is 2.80 bits per heavy atom. The van der Waals surface area contributed by atoms with Crippen LogP contribution in [0.2, 0.25) is 5.02 Å². The van der Waals surface area contributed by atoms with E-state index in [0.29, 0.717) is 5.41 Å². The minimum absolute atomic E-state index is 0. The lowest BCUT2D eigenvalue weighted by atomic mass is 9.78. The van der Waals surface area contributed by atoms with Crippen LogP contribution in [0.4, 0.5) is 0 Å². The van der Waals surface area contributed by atoms with Gasteiger partial charge in [0.15, 0.2) is 0 Å². The third-order valence-electron chi connectivity index (χ3n) is 4.92. The minimum atomic E-state index is 0. The highest BCUT2D eigenvalue weighted by atomic mass is 35.5. The Labute approximate surface area is 131 Å². The zero-order chi connectivity index (χ0) is 12.9. The molecule has 0 aromatic heterocycles. The first-order valence-electron chi connectivity index (χ1n) is 7.36. The van der Waals surface area contributed by atoms with Gasteiger partial charge in [-0.1, -0.05) is 11.6 Å². The van der Waals surface area contributed by atoms with Gasteiger partial charge in [-0.05, 0) is 66.3 Å². The van der Waals surface area contributed by atoms with Crippen molar-refractivity contribution in [2.45, 2.75) is 43.9 Å². The summed E-state index contributed by atoms with van der Waals surface area (Å²) in [6.07, 6.45) is 7.56. The molecule has 1 aromatic carbocycles. The first-order chi connectivity index (χ1) is 9.27. The number of hydrogen-bond acceptors (Lipinski definition) is 2. The van der Waals surface area contributed by atoms with Crippen LogP contribution in [0.5, 0.6) is 0 Å². The van der Waals surface area contributed by atoms with Gasteiger partial charge in [-0.3, -0.25) is 4.99 Å². The Morgan fingerprint density at radius 2 is 2.10 bits per heavy atom. The van der Waals surface area contributed by atoms with E-state index in [0.717, 1.165) is 30.4 Å². The molecule has 0 bridgehead atoms. The third kappa shape index (κ3) is 2.33. The number of rotatable bonds is 2. The predicted molar refractivity (Wildman–Crippen MR) is 86.6 cm³/mol. The van der Waals surface area contributed by atoms with Gasteiger partial charge < -0.3 is 5.32 Å². The standard InChI is InChI=1S/C16H19ClN2.ClH/c17-12-8-11(9-15-18-6-7-19-15)13-2-1-3-16(4-5-16)14(13)10-12;/h8,10H,1-7,9H2,(H,18,19);1H. The second-order valence-corrected chi connectivity index (χ2v) is 6.59. The summed E-state index contributed by atoms with van der Waals surface area (Å²) in [4.78, 5) is 4.52. The molecule has 0 radical (unpaired) electrons. The maximum atomic E-state index is 6.36. The highest BCUT2D eigenvalue weighted by molar-refractivity contribution is 6.30. The van der Waals surface area contributed by atoms with Crippen LogP contribution in [0.25, 0.3) is 0 Å². The molecule has 1 heterocycles. The molecule has 1 N–H and O–H groups in total.